The number of furan rings is 1. The number of hydrogen-bond donors (Lipinski definition) is 0. The highest BCUT2D eigenvalue weighted by Gasteiger charge is 2.20. The van der Waals surface area contributed by atoms with E-state index in [1.807, 2.05) is 66.7 Å². The predicted octanol–water partition coefficient (Wildman–Crippen LogP) is 5.46. The molecule has 0 fully saturated rings. The van der Waals surface area contributed by atoms with Crippen LogP contribution in [0.4, 0.5) is 0 Å². The maximum Gasteiger partial charge on any atom is 0.164 e. The highest BCUT2D eigenvalue weighted by atomic mass is 16.3. The van der Waals surface area contributed by atoms with Gasteiger partial charge in [0.05, 0.1) is 5.56 Å². The molecule has 0 spiro atoms. The maximum absolute atomic E-state index is 12.2. The van der Waals surface area contributed by atoms with E-state index in [0.717, 1.165) is 27.3 Å². The molecular weight excluding hydrogens is 272 g/mol. The summed E-state index contributed by atoms with van der Waals surface area (Å²) in [6.45, 7) is 1.59. The summed E-state index contributed by atoms with van der Waals surface area (Å²) in [6, 6.07) is 21.9. The Labute approximate surface area is 128 Å². The molecule has 0 atom stereocenters. The second-order valence-corrected chi connectivity index (χ2v) is 5.39. The smallest absolute Gasteiger partial charge is 0.164 e. The first-order valence-corrected chi connectivity index (χ1v) is 7.26. The van der Waals surface area contributed by atoms with E-state index in [2.05, 4.69) is 0 Å². The van der Waals surface area contributed by atoms with E-state index >= 15 is 0 Å². The Morgan fingerprint density at radius 1 is 0.818 bits per heavy atom. The second-order valence-electron chi connectivity index (χ2n) is 5.39. The molecule has 0 saturated carbocycles. The zero-order valence-electron chi connectivity index (χ0n) is 12.2. The zero-order valence-corrected chi connectivity index (χ0v) is 12.2. The standard InChI is InChI=1S/C20H14O2/c1-13(21)18-17-12-11-14-7-5-6-10-16(14)20(17)22-19(18)15-8-3-2-4-9-15/h2-12H,1H3. The fourth-order valence-electron chi connectivity index (χ4n) is 2.97. The molecule has 1 aromatic heterocycles. The Hall–Kier alpha value is -2.87. The predicted molar refractivity (Wildman–Crippen MR) is 89.2 cm³/mol. The lowest BCUT2D eigenvalue weighted by atomic mass is 10.0. The number of fused-ring (bicyclic) bond motifs is 3. The van der Waals surface area contributed by atoms with Gasteiger partial charge in [0.1, 0.15) is 11.3 Å². The Bertz CT molecular complexity index is 994. The van der Waals surface area contributed by atoms with Crippen LogP contribution in [0.15, 0.2) is 71.1 Å². The minimum Gasteiger partial charge on any atom is -0.455 e. The summed E-state index contributed by atoms with van der Waals surface area (Å²) < 4.78 is 6.14. The Kier molecular flexibility index (Phi) is 2.83. The van der Waals surface area contributed by atoms with Gasteiger partial charge in [0.25, 0.3) is 0 Å². The summed E-state index contributed by atoms with van der Waals surface area (Å²) in [5.74, 6) is 0.673. The molecule has 0 aliphatic heterocycles. The summed E-state index contributed by atoms with van der Waals surface area (Å²) >= 11 is 0. The maximum atomic E-state index is 12.2. The molecule has 0 bridgehead atoms. The quantitative estimate of drug-likeness (QED) is 0.458. The first kappa shape index (κ1) is 12.8. The van der Waals surface area contributed by atoms with Crippen molar-refractivity contribution in [3.8, 4) is 11.3 Å². The largest absolute Gasteiger partial charge is 0.455 e. The minimum absolute atomic E-state index is 0.0212. The van der Waals surface area contributed by atoms with Crippen LogP contribution in [-0.4, -0.2) is 5.78 Å². The van der Waals surface area contributed by atoms with Gasteiger partial charge in [-0.25, -0.2) is 0 Å². The topological polar surface area (TPSA) is 30.2 Å². The van der Waals surface area contributed by atoms with Crippen molar-refractivity contribution in [2.45, 2.75) is 6.92 Å². The Balaban J connectivity index is 2.15. The third-order valence-corrected chi connectivity index (χ3v) is 3.97. The van der Waals surface area contributed by atoms with Gasteiger partial charge in [-0.15, -0.1) is 0 Å². The van der Waals surface area contributed by atoms with Gasteiger partial charge in [0, 0.05) is 16.3 Å². The van der Waals surface area contributed by atoms with Crippen LogP contribution >= 0.6 is 0 Å². The molecule has 4 aromatic rings. The molecular formula is C20H14O2. The number of carbonyl (C=O) groups excluding carboxylic acids is 1. The number of carbonyl (C=O) groups is 1. The molecule has 0 saturated heterocycles. The molecule has 3 aromatic carbocycles. The molecule has 1 heterocycles. The first-order chi connectivity index (χ1) is 10.8. The van der Waals surface area contributed by atoms with Crippen LogP contribution in [0.3, 0.4) is 0 Å². The van der Waals surface area contributed by atoms with Gasteiger partial charge < -0.3 is 4.42 Å². The van der Waals surface area contributed by atoms with Gasteiger partial charge in [-0.1, -0.05) is 60.7 Å². The zero-order chi connectivity index (χ0) is 15.1. The molecule has 0 aliphatic rings. The number of benzene rings is 3. The summed E-state index contributed by atoms with van der Waals surface area (Å²) in [7, 11) is 0. The molecule has 0 N–H and O–H groups in total. The average molecular weight is 286 g/mol. The molecule has 2 heteroatoms. The van der Waals surface area contributed by atoms with Crippen molar-refractivity contribution in [2.24, 2.45) is 0 Å². The monoisotopic (exact) mass is 286 g/mol. The van der Waals surface area contributed by atoms with Gasteiger partial charge in [-0.3, -0.25) is 4.79 Å². The highest BCUT2D eigenvalue weighted by Crippen LogP contribution is 2.37. The second kappa shape index (κ2) is 4.85. The van der Waals surface area contributed by atoms with Crippen molar-refractivity contribution in [3.63, 3.8) is 0 Å². The summed E-state index contributed by atoms with van der Waals surface area (Å²) in [5, 5.41) is 3.02. The van der Waals surface area contributed by atoms with E-state index in [9.17, 15) is 4.79 Å². The summed E-state index contributed by atoms with van der Waals surface area (Å²) in [6.07, 6.45) is 0. The minimum atomic E-state index is 0.0212. The van der Waals surface area contributed by atoms with E-state index in [1.165, 1.54) is 0 Å². The molecule has 22 heavy (non-hydrogen) atoms. The van der Waals surface area contributed by atoms with E-state index in [-0.39, 0.29) is 5.78 Å². The van der Waals surface area contributed by atoms with E-state index in [0.29, 0.717) is 11.3 Å². The molecule has 0 aliphatic carbocycles. The number of hydrogen-bond acceptors (Lipinski definition) is 2. The fraction of sp³-hybridized carbons (Fsp3) is 0.0500. The fourth-order valence-corrected chi connectivity index (χ4v) is 2.97. The lowest BCUT2D eigenvalue weighted by molar-refractivity contribution is 0.101. The van der Waals surface area contributed by atoms with Crippen LogP contribution in [0.2, 0.25) is 0 Å². The van der Waals surface area contributed by atoms with Gasteiger partial charge in [0.15, 0.2) is 5.78 Å². The number of rotatable bonds is 2. The normalized spacial score (nSPS) is 11.1. The van der Waals surface area contributed by atoms with Crippen LogP contribution in [0.25, 0.3) is 33.1 Å². The SMILES string of the molecule is CC(=O)c1c(-c2ccccc2)oc2c1ccc1ccccc12. The van der Waals surface area contributed by atoms with Gasteiger partial charge in [0.2, 0.25) is 0 Å². The highest BCUT2D eigenvalue weighted by molar-refractivity contribution is 6.16. The third kappa shape index (κ3) is 1.85. The van der Waals surface area contributed by atoms with Crippen molar-refractivity contribution < 1.29 is 9.21 Å². The number of Topliss-reactive ketones (excluding diaryl/α,β-unsaturated/α-hetero) is 1. The molecule has 0 amide bonds. The van der Waals surface area contributed by atoms with E-state index in [1.54, 1.807) is 6.92 Å². The van der Waals surface area contributed by atoms with Crippen molar-refractivity contribution in [1.29, 1.82) is 0 Å². The van der Waals surface area contributed by atoms with Crippen LogP contribution in [-0.2, 0) is 0 Å². The van der Waals surface area contributed by atoms with Gasteiger partial charge in [-0.2, -0.15) is 0 Å². The van der Waals surface area contributed by atoms with Crippen LogP contribution in [0.5, 0.6) is 0 Å². The summed E-state index contributed by atoms with van der Waals surface area (Å²) in [5.41, 5.74) is 2.36. The van der Waals surface area contributed by atoms with E-state index in [4.69, 9.17) is 4.42 Å². The molecule has 106 valence electrons. The van der Waals surface area contributed by atoms with Gasteiger partial charge in [-0.05, 0) is 18.4 Å². The van der Waals surface area contributed by atoms with Crippen LogP contribution in [0, 0.1) is 0 Å². The van der Waals surface area contributed by atoms with Crippen LogP contribution in [0.1, 0.15) is 17.3 Å². The van der Waals surface area contributed by atoms with Gasteiger partial charge >= 0.3 is 0 Å². The van der Waals surface area contributed by atoms with E-state index < -0.39 is 0 Å². The lowest BCUT2D eigenvalue weighted by Crippen LogP contribution is -1.92. The molecule has 0 unspecified atom stereocenters. The Morgan fingerprint density at radius 2 is 1.55 bits per heavy atom. The molecule has 4 rings (SSSR count). The first-order valence-electron chi connectivity index (χ1n) is 7.26. The molecule has 2 nitrogen and oxygen atoms in total. The van der Waals surface area contributed by atoms with Crippen LogP contribution < -0.4 is 0 Å². The third-order valence-electron chi connectivity index (χ3n) is 3.97. The lowest BCUT2D eigenvalue weighted by Gasteiger charge is -1.99. The number of ketones is 1. The van der Waals surface area contributed by atoms with Crippen molar-refractivity contribution in [1.82, 2.24) is 0 Å². The Morgan fingerprint density at radius 3 is 2.32 bits per heavy atom. The van der Waals surface area contributed by atoms with Crippen molar-refractivity contribution >= 4 is 27.5 Å². The summed E-state index contributed by atoms with van der Waals surface area (Å²) in [4.78, 5) is 12.2. The van der Waals surface area contributed by atoms with Crippen molar-refractivity contribution in [3.05, 3.63) is 72.3 Å². The van der Waals surface area contributed by atoms with Crippen molar-refractivity contribution in [2.75, 3.05) is 0 Å². The average Bonchev–Trinajstić information content (AvgIpc) is 2.96. The molecule has 0 radical (unpaired) electrons.